The van der Waals surface area contributed by atoms with Crippen molar-refractivity contribution in [1.82, 2.24) is 0 Å². The number of Topliss-reactive ketones (excluding diaryl/α,β-unsaturated/α-hetero) is 2. The Hall–Kier alpha value is -2.26. The number of hydrogen-bond donors (Lipinski definition) is 1. The van der Waals surface area contributed by atoms with E-state index in [0.717, 1.165) is 16.7 Å². The molecule has 0 saturated heterocycles. The highest BCUT2D eigenvalue weighted by Gasteiger charge is 2.49. The molecular formula is C17H13NO2. The first-order valence-electron chi connectivity index (χ1n) is 6.71. The molecule has 2 aliphatic rings. The molecule has 0 saturated carbocycles. The topological polar surface area (TPSA) is 60.2 Å². The van der Waals surface area contributed by atoms with Crippen LogP contribution in [0.5, 0.6) is 0 Å². The van der Waals surface area contributed by atoms with E-state index in [4.69, 9.17) is 5.73 Å². The van der Waals surface area contributed by atoms with Crippen LogP contribution in [-0.4, -0.2) is 11.6 Å². The number of rotatable bonds is 0. The van der Waals surface area contributed by atoms with Crippen molar-refractivity contribution >= 4 is 11.6 Å². The van der Waals surface area contributed by atoms with Gasteiger partial charge >= 0.3 is 0 Å². The van der Waals surface area contributed by atoms with Crippen LogP contribution in [-0.2, 0) is 4.79 Å². The van der Waals surface area contributed by atoms with E-state index in [-0.39, 0.29) is 11.6 Å². The lowest BCUT2D eigenvalue weighted by atomic mass is 9.72. The number of ketones is 2. The number of nitrogens with two attached hydrogens (primary N) is 1. The lowest BCUT2D eigenvalue weighted by Gasteiger charge is -2.30. The average molecular weight is 263 g/mol. The lowest BCUT2D eigenvalue weighted by molar-refractivity contribution is -0.122. The Bertz CT molecular complexity index is 750. The minimum atomic E-state index is -0.633. The zero-order valence-corrected chi connectivity index (χ0v) is 10.7. The molecule has 2 aromatic rings. The molecule has 0 heterocycles. The molecule has 2 aliphatic carbocycles. The summed E-state index contributed by atoms with van der Waals surface area (Å²) < 4.78 is 0. The van der Waals surface area contributed by atoms with Crippen LogP contribution >= 0.6 is 0 Å². The summed E-state index contributed by atoms with van der Waals surface area (Å²) in [6.07, 6.45) is 0. The molecule has 4 rings (SSSR count). The van der Waals surface area contributed by atoms with Crippen LogP contribution in [0, 0.1) is 0 Å². The van der Waals surface area contributed by atoms with Gasteiger partial charge < -0.3 is 5.73 Å². The first-order chi connectivity index (χ1) is 9.70. The number of hydrogen-bond acceptors (Lipinski definition) is 3. The average Bonchev–Trinajstić information content (AvgIpc) is 2.79. The number of benzene rings is 2. The van der Waals surface area contributed by atoms with Gasteiger partial charge in [-0.3, -0.25) is 9.59 Å². The summed E-state index contributed by atoms with van der Waals surface area (Å²) in [7, 11) is 0. The normalized spacial score (nSPS) is 26.9. The fourth-order valence-corrected chi connectivity index (χ4v) is 3.55. The molecule has 3 heteroatoms. The van der Waals surface area contributed by atoms with Gasteiger partial charge in [0.05, 0.1) is 17.9 Å². The van der Waals surface area contributed by atoms with E-state index in [1.807, 2.05) is 42.5 Å². The van der Waals surface area contributed by atoms with E-state index in [2.05, 4.69) is 0 Å². The molecule has 2 N–H and O–H groups in total. The first-order valence-corrected chi connectivity index (χ1v) is 6.71. The second-order valence-corrected chi connectivity index (χ2v) is 5.42. The fourth-order valence-electron chi connectivity index (χ4n) is 3.55. The maximum absolute atomic E-state index is 12.7. The quantitative estimate of drug-likeness (QED) is 0.793. The maximum Gasteiger partial charge on any atom is 0.171 e. The van der Waals surface area contributed by atoms with Crippen LogP contribution in [0.3, 0.4) is 0 Å². The fraction of sp³-hybridized carbons (Fsp3) is 0.176. The van der Waals surface area contributed by atoms with Gasteiger partial charge in [-0.25, -0.2) is 0 Å². The Kier molecular flexibility index (Phi) is 2.24. The zero-order valence-electron chi connectivity index (χ0n) is 10.7. The van der Waals surface area contributed by atoms with Crippen LogP contribution in [0.15, 0.2) is 48.5 Å². The second kappa shape index (κ2) is 3.87. The highest BCUT2D eigenvalue weighted by Crippen LogP contribution is 2.50. The zero-order chi connectivity index (χ0) is 13.9. The third-order valence-corrected chi connectivity index (χ3v) is 4.46. The predicted octanol–water partition coefficient (Wildman–Crippen LogP) is 2.33. The van der Waals surface area contributed by atoms with E-state index in [1.54, 1.807) is 6.07 Å². The van der Waals surface area contributed by atoms with E-state index in [9.17, 15) is 9.59 Å². The van der Waals surface area contributed by atoms with Gasteiger partial charge in [-0.2, -0.15) is 0 Å². The Morgan fingerprint density at radius 1 is 0.750 bits per heavy atom. The van der Waals surface area contributed by atoms with Gasteiger partial charge in [0.2, 0.25) is 0 Å². The highest BCUT2D eigenvalue weighted by atomic mass is 16.1. The van der Waals surface area contributed by atoms with Crippen molar-refractivity contribution in [2.45, 2.75) is 17.9 Å². The minimum Gasteiger partial charge on any atom is -0.318 e. The summed E-state index contributed by atoms with van der Waals surface area (Å²) in [5, 5.41) is 0. The van der Waals surface area contributed by atoms with Crippen LogP contribution < -0.4 is 5.73 Å². The summed E-state index contributed by atoms with van der Waals surface area (Å²) >= 11 is 0. The minimum absolute atomic E-state index is 0.0401. The first kappa shape index (κ1) is 11.6. The van der Waals surface area contributed by atoms with Crippen LogP contribution in [0.25, 0.3) is 0 Å². The van der Waals surface area contributed by atoms with Crippen LogP contribution in [0.4, 0.5) is 0 Å². The maximum atomic E-state index is 12.7. The molecule has 3 unspecified atom stereocenters. The van der Waals surface area contributed by atoms with E-state index in [1.165, 1.54) is 0 Å². The Balaban J connectivity index is 2.01. The van der Waals surface area contributed by atoms with E-state index >= 15 is 0 Å². The van der Waals surface area contributed by atoms with Crippen molar-refractivity contribution in [2.75, 3.05) is 0 Å². The number of carbonyl (C=O) groups excluding carboxylic acids is 2. The summed E-state index contributed by atoms with van der Waals surface area (Å²) in [6.45, 7) is 0. The largest absolute Gasteiger partial charge is 0.318 e. The third kappa shape index (κ3) is 1.28. The smallest absolute Gasteiger partial charge is 0.171 e. The Morgan fingerprint density at radius 2 is 1.35 bits per heavy atom. The Labute approximate surface area is 116 Å². The predicted molar refractivity (Wildman–Crippen MR) is 74.6 cm³/mol. The molecule has 0 aliphatic heterocycles. The van der Waals surface area contributed by atoms with E-state index < -0.39 is 17.9 Å². The molecule has 0 bridgehead atoms. The van der Waals surface area contributed by atoms with E-state index in [0.29, 0.717) is 5.56 Å². The number of fused-ring (bicyclic) bond motifs is 5. The van der Waals surface area contributed by atoms with Gasteiger partial charge in [0.25, 0.3) is 0 Å². The van der Waals surface area contributed by atoms with Gasteiger partial charge in [-0.15, -0.1) is 0 Å². The van der Waals surface area contributed by atoms with Gasteiger partial charge in [-0.1, -0.05) is 48.5 Å². The van der Waals surface area contributed by atoms with Gasteiger partial charge in [0, 0.05) is 5.56 Å². The van der Waals surface area contributed by atoms with Crippen molar-refractivity contribution < 1.29 is 9.59 Å². The molecule has 2 aromatic carbocycles. The van der Waals surface area contributed by atoms with Gasteiger partial charge in [0.15, 0.2) is 11.6 Å². The van der Waals surface area contributed by atoms with Gasteiger partial charge in [-0.05, 0) is 16.7 Å². The molecule has 20 heavy (non-hydrogen) atoms. The summed E-state index contributed by atoms with van der Waals surface area (Å²) in [5.41, 5.74) is 9.28. The summed E-state index contributed by atoms with van der Waals surface area (Å²) in [4.78, 5) is 25.3. The van der Waals surface area contributed by atoms with Crippen molar-refractivity contribution in [3.63, 3.8) is 0 Å². The highest BCUT2D eigenvalue weighted by molar-refractivity contribution is 6.14. The molecule has 0 radical (unpaired) electrons. The Morgan fingerprint density at radius 3 is 2.10 bits per heavy atom. The monoisotopic (exact) mass is 263 g/mol. The molecule has 0 aromatic heterocycles. The summed E-state index contributed by atoms with van der Waals surface area (Å²) in [6, 6.07) is 14.3. The van der Waals surface area contributed by atoms with Crippen molar-refractivity contribution in [3.05, 3.63) is 70.8 Å². The van der Waals surface area contributed by atoms with Crippen molar-refractivity contribution in [2.24, 2.45) is 5.73 Å². The molecular weight excluding hydrogens is 250 g/mol. The molecule has 98 valence electrons. The van der Waals surface area contributed by atoms with Crippen LogP contribution in [0.2, 0.25) is 0 Å². The molecule has 3 atom stereocenters. The van der Waals surface area contributed by atoms with Gasteiger partial charge in [0.1, 0.15) is 0 Å². The SMILES string of the molecule is NC1C(=O)C2c3ccccc3C(=O)C2c2ccccc21. The number of carbonyl (C=O) groups is 2. The third-order valence-electron chi connectivity index (χ3n) is 4.46. The molecule has 3 nitrogen and oxygen atoms in total. The lowest BCUT2D eigenvalue weighted by Crippen LogP contribution is -2.35. The van der Waals surface area contributed by atoms with Crippen LogP contribution in [0.1, 0.15) is 44.9 Å². The van der Waals surface area contributed by atoms with Crippen molar-refractivity contribution in [3.8, 4) is 0 Å². The molecule has 0 fully saturated rings. The second-order valence-electron chi connectivity index (χ2n) is 5.42. The molecule has 0 amide bonds. The summed E-state index contributed by atoms with van der Waals surface area (Å²) in [5.74, 6) is -0.815. The van der Waals surface area contributed by atoms with Crippen molar-refractivity contribution in [1.29, 1.82) is 0 Å². The molecule has 0 spiro atoms. The standard InChI is InChI=1S/C17H13NO2/c18-15-11-7-3-1-5-9(11)13-14(17(15)20)10-6-2-4-8-12(10)16(13)19/h1-8,13-15H,18H2.